The SMILES string of the molecule is C[C@@H](OC(=O)c1c2c(nc3ccccc13)CCCC2)C(=O)N1CCCCC1. The average molecular weight is 366 g/mol. The summed E-state index contributed by atoms with van der Waals surface area (Å²) in [5.41, 5.74) is 3.43. The summed E-state index contributed by atoms with van der Waals surface area (Å²) in [5.74, 6) is -0.486. The van der Waals surface area contributed by atoms with Crippen LogP contribution in [-0.2, 0) is 22.4 Å². The second kappa shape index (κ2) is 7.67. The number of carbonyl (C=O) groups is 2. The van der Waals surface area contributed by atoms with E-state index >= 15 is 0 Å². The number of benzene rings is 1. The van der Waals surface area contributed by atoms with E-state index in [0.29, 0.717) is 5.56 Å². The number of fused-ring (bicyclic) bond motifs is 2. The van der Waals surface area contributed by atoms with E-state index in [4.69, 9.17) is 9.72 Å². The first-order valence-corrected chi connectivity index (χ1v) is 10.1. The lowest BCUT2D eigenvalue weighted by Crippen LogP contribution is -2.42. The van der Waals surface area contributed by atoms with Gasteiger partial charge in [-0.1, -0.05) is 18.2 Å². The molecule has 1 atom stereocenters. The van der Waals surface area contributed by atoms with Crippen molar-refractivity contribution in [3.8, 4) is 0 Å². The highest BCUT2D eigenvalue weighted by molar-refractivity contribution is 6.05. The molecule has 1 aliphatic carbocycles. The molecule has 1 aromatic carbocycles. The third kappa shape index (κ3) is 3.55. The van der Waals surface area contributed by atoms with Crippen LogP contribution in [0.15, 0.2) is 24.3 Å². The van der Waals surface area contributed by atoms with Crippen LogP contribution in [0.4, 0.5) is 0 Å². The van der Waals surface area contributed by atoms with Crippen molar-refractivity contribution in [2.75, 3.05) is 13.1 Å². The highest BCUT2D eigenvalue weighted by Gasteiger charge is 2.28. The molecule has 5 heteroatoms. The number of esters is 1. The first-order chi connectivity index (χ1) is 13.1. The van der Waals surface area contributed by atoms with E-state index in [-0.39, 0.29) is 5.91 Å². The van der Waals surface area contributed by atoms with Gasteiger partial charge in [0.15, 0.2) is 6.10 Å². The highest BCUT2D eigenvalue weighted by atomic mass is 16.5. The molecular formula is C22H26N2O3. The Hall–Kier alpha value is -2.43. The Labute approximate surface area is 159 Å². The minimum atomic E-state index is -0.762. The van der Waals surface area contributed by atoms with Gasteiger partial charge in [0.25, 0.3) is 5.91 Å². The molecule has 0 spiro atoms. The summed E-state index contributed by atoms with van der Waals surface area (Å²) in [5, 5.41) is 0.820. The molecular weight excluding hydrogens is 340 g/mol. The van der Waals surface area contributed by atoms with Crippen LogP contribution in [0.3, 0.4) is 0 Å². The van der Waals surface area contributed by atoms with Crippen LogP contribution in [0.2, 0.25) is 0 Å². The third-order valence-corrected chi connectivity index (χ3v) is 5.67. The number of ether oxygens (including phenoxy) is 1. The minimum Gasteiger partial charge on any atom is -0.449 e. The Morgan fingerprint density at radius 1 is 1.04 bits per heavy atom. The van der Waals surface area contributed by atoms with E-state index in [0.717, 1.165) is 80.2 Å². The molecule has 2 aliphatic rings. The van der Waals surface area contributed by atoms with Gasteiger partial charge in [-0.25, -0.2) is 4.79 Å². The number of rotatable bonds is 3. The number of likely N-dealkylation sites (tertiary alicyclic amines) is 1. The first-order valence-electron chi connectivity index (χ1n) is 10.1. The average Bonchev–Trinajstić information content (AvgIpc) is 2.71. The molecule has 1 saturated heterocycles. The van der Waals surface area contributed by atoms with Gasteiger partial charge in [-0.3, -0.25) is 9.78 Å². The fourth-order valence-corrected chi connectivity index (χ4v) is 4.25. The van der Waals surface area contributed by atoms with Crippen molar-refractivity contribution in [3.63, 3.8) is 0 Å². The van der Waals surface area contributed by atoms with Crippen molar-refractivity contribution in [1.82, 2.24) is 9.88 Å². The fraction of sp³-hybridized carbons (Fsp3) is 0.500. The largest absolute Gasteiger partial charge is 0.449 e. The number of piperidine rings is 1. The maximum atomic E-state index is 13.1. The molecule has 0 bridgehead atoms. The number of aryl methyl sites for hydroxylation is 1. The van der Waals surface area contributed by atoms with Crippen LogP contribution >= 0.6 is 0 Å². The summed E-state index contributed by atoms with van der Waals surface area (Å²) in [4.78, 5) is 32.3. The second-order valence-corrected chi connectivity index (χ2v) is 7.57. The number of pyridine rings is 1. The topological polar surface area (TPSA) is 59.5 Å². The number of aromatic nitrogens is 1. The zero-order valence-electron chi connectivity index (χ0n) is 15.9. The molecule has 2 heterocycles. The Morgan fingerprint density at radius 3 is 2.59 bits per heavy atom. The van der Waals surface area contributed by atoms with Crippen molar-refractivity contribution in [1.29, 1.82) is 0 Å². The lowest BCUT2D eigenvalue weighted by molar-refractivity contribution is -0.140. The molecule has 1 fully saturated rings. The van der Waals surface area contributed by atoms with Gasteiger partial charge in [0, 0.05) is 24.2 Å². The molecule has 0 radical (unpaired) electrons. The smallest absolute Gasteiger partial charge is 0.339 e. The molecule has 1 aliphatic heterocycles. The Kier molecular flexibility index (Phi) is 5.10. The van der Waals surface area contributed by atoms with Crippen molar-refractivity contribution >= 4 is 22.8 Å². The standard InChI is InChI=1S/C22H26N2O3/c1-15(21(25)24-13-7-2-8-14-24)27-22(26)20-16-9-3-5-11-18(16)23-19-12-6-4-10-17(19)20/h3,5,9,11,15H,2,4,6-8,10,12-14H2,1H3/t15-/m1/s1. The van der Waals surface area contributed by atoms with Crippen molar-refractivity contribution in [2.24, 2.45) is 0 Å². The van der Waals surface area contributed by atoms with E-state index < -0.39 is 12.1 Å². The monoisotopic (exact) mass is 366 g/mol. The predicted octanol–water partition coefficient (Wildman–Crippen LogP) is 3.67. The Morgan fingerprint density at radius 2 is 1.78 bits per heavy atom. The van der Waals surface area contributed by atoms with Crippen LogP contribution < -0.4 is 0 Å². The molecule has 2 aromatic rings. The van der Waals surface area contributed by atoms with Gasteiger partial charge < -0.3 is 9.64 Å². The van der Waals surface area contributed by atoms with Crippen LogP contribution in [0.5, 0.6) is 0 Å². The molecule has 0 N–H and O–H groups in total. The van der Waals surface area contributed by atoms with Crippen molar-refractivity contribution in [2.45, 2.75) is 58.0 Å². The van der Waals surface area contributed by atoms with E-state index in [2.05, 4.69) is 0 Å². The van der Waals surface area contributed by atoms with E-state index in [1.165, 1.54) is 0 Å². The van der Waals surface area contributed by atoms with E-state index in [1.807, 2.05) is 29.2 Å². The van der Waals surface area contributed by atoms with Crippen molar-refractivity contribution < 1.29 is 14.3 Å². The highest BCUT2D eigenvalue weighted by Crippen LogP contribution is 2.30. The quantitative estimate of drug-likeness (QED) is 0.778. The summed E-state index contributed by atoms with van der Waals surface area (Å²) in [7, 11) is 0. The minimum absolute atomic E-state index is 0.0877. The van der Waals surface area contributed by atoms with E-state index in [1.54, 1.807) is 6.92 Å². The molecule has 0 saturated carbocycles. The molecule has 1 aromatic heterocycles. The lowest BCUT2D eigenvalue weighted by Gasteiger charge is -2.29. The summed E-state index contributed by atoms with van der Waals surface area (Å²) in [6.45, 7) is 3.20. The Balaban J connectivity index is 1.63. The maximum Gasteiger partial charge on any atom is 0.339 e. The number of hydrogen-bond donors (Lipinski definition) is 0. The Bertz CT molecular complexity index is 871. The summed E-state index contributed by atoms with van der Waals surface area (Å²) >= 11 is 0. The summed E-state index contributed by atoms with van der Waals surface area (Å²) in [6.07, 6.45) is 6.32. The van der Waals surface area contributed by atoms with Crippen LogP contribution in [-0.4, -0.2) is 41.0 Å². The lowest BCUT2D eigenvalue weighted by atomic mass is 9.90. The van der Waals surface area contributed by atoms with Gasteiger partial charge in [-0.2, -0.15) is 0 Å². The van der Waals surface area contributed by atoms with Crippen molar-refractivity contribution in [3.05, 3.63) is 41.1 Å². The molecule has 4 rings (SSSR count). The first kappa shape index (κ1) is 18.0. The predicted molar refractivity (Wildman–Crippen MR) is 104 cm³/mol. The summed E-state index contributed by atoms with van der Waals surface area (Å²) in [6, 6.07) is 7.70. The zero-order valence-corrected chi connectivity index (χ0v) is 15.9. The third-order valence-electron chi connectivity index (χ3n) is 5.67. The number of hydrogen-bond acceptors (Lipinski definition) is 4. The van der Waals surface area contributed by atoms with E-state index in [9.17, 15) is 9.59 Å². The molecule has 0 unspecified atom stereocenters. The van der Waals surface area contributed by atoms with Gasteiger partial charge in [0.05, 0.1) is 11.1 Å². The zero-order chi connectivity index (χ0) is 18.8. The van der Waals surface area contributed by atoms with Gasteiger partial charge >= 0.3 is 5.97 Å². The molecule has 142 valence electrons. The fourth-order valence-electron chi connectivity index (χ4n) is 4.25. The molecule has 5 nitrogen and oxygen atoms in total. The number of nitrogens with zero attached hydrogens (tertiary/aromatic N) is 2. The normalized spacial score (nSPS) is 18.0. The van der Waals surface area contributed by atoms with Crippen LogP contribution in [0.25, 0.3) is 10.9 Å². The van der Waals surface area contributed by atoms with Gasteiger partial charge in [-0.15, -0.1) is 0 Å². The van der Waals surface area contributed by atoms with Gasteiger partial charge in [-0.05, 0) is 63.5 Å². The molecule has 27 heavy (non-hydrogen) atoms. The maximum absolute atomic E-state index is 13.1. The van der Waals surface area contributed by atoms with Crippen LogP contribution in [0.1, 0.15) is 60.6 Å². The van der Waals surface area contributed by atoms with Gasteiger partial charge in [0.1, 0.15) is 0 Å². The number of para-hydroxylation sites is 1. The van der Waals surface area contributed by atoms with Crippen LogP contribution in [0, 0.1) is 0 Å². The number of amides is 1. The van der Waals surface area contributed by atoms with Gasteiger partial charge in [0.2, 0.25) is 0 Å². The molecule has 1 amide bonds. The second-order valence-electron chi connectivity index (χ2n) is 7.57. The number of carbonyl (C=O) groups excluding carboxylic acids is 2. The summed E-state index contributed by atoms with van der Waals surface area (Å²) < 4.78 is 5.67.